The highest BCUT2D eigenvalue weighted by Gasteiger charge is 2.30. The molecule has 2 aromatic rings. The van der Waals surface area contributed by atoms with Gasteiger partial charge in [0.1, 0.15) is 0 Å². The van der Waals surface area contributed by atoms with Crippen molar-refractivity contribution in [2.24, 2.45) is 5.92 Å². The van der Waals surface area contributed by atoms with E-state index in [0.717, 1.165) is 17.8 Å². The molecule has 88 valence electrons. The van der Waals surface area contributed by atoms with Gasteiger partial charge in [0.25, 0.3) is 0 Å². The maximum Gasteiger partial charge on any atom is 0.0724 e. The number of benzene rings is 1. The lowest BCUT2D eigenvalue weighted by molar-refractivity contribution is 0.717. The molecule has 0 N–H and O–H groups in total. The molecule has 1 fully saturated rings. The first-order valence-corrected chi connectivity index (χ1v) is 6.54. The fourth-order valence-electron chi connectivity index (χ4n) is 2.25. The van der Waals surface area contributed by atoms with Crippen molar-refractivity contribution in [3.8, 4) is 0 Å². The SMILES string of the molecule is Cc1nnc(CC(Cl)C2CC2)c2ccccc12. The Labute approximate surface area is 106 Å². The summed E-state index contributed by atoms with van der Waals surface area (Å²) in [6, 6.07) is 8.30. The number of alkyl halides is 1. The first-order chi connectivity index (χ1) is 8.25. The third-order valence-electron chi connectivity index (χ3n) is 3.47. The molecule has 1 aliphatic rings. The average molecular weight is 247 g/mol. The van der Waals surface area contributed by atoms with Crippen molar-refractivity contribution in [2.75, 3.05) is 0 Å². The van der Waals surface area contributed by atoms with Gasteiger partial charge in [-0.05, 0) is 25.7 Å². The van der Waals surface area contributed by atoms with Crippen LogP contribution in [0.1, 0.15) is 24.2 Å². The van der Waals surface area contributed by atoms with Crippen LogP contribution in [-0.4, -0.2) is 15.6 Å². The molecular weight excluding hydrogens is 232 g/mol. The number of rotatable bonds is 3. The van der Waals surface area contributed by atoms with Crippen LogP contribution in [0.4, 0.5) is 0 Å². The van der Waals surface area contributed by atoms with Gasteiger partial charge in [-0.1, -0.05) is 24.3 Å². The van der Waals surface area contributed by atoms with Crippen molar-refractivity contribution in [3.63, 3.8) is 0 Å². The largest absolute Gasteiger partial charge is 0.155 e. The second kappa shape index (κ2) is 4.26. The molecule has 0 bridgehead atoms. The van der Waals surface area contributed by atoms with Crippen molar-refractivity contribution < 1.29 is 0 Å². The average Bonchev–Trinajstić information content (AvgIpc) is 3.17. The molecule has 1 heterocycles. The fourth-order valence-corrected chi connectivity index (χ4v) is 2.65. The second-order valence-corrected chi connectivity index (χ2v) is 5.40. The van der Waals surface area contributed by atoms with Crippen LogP contribution < -0.4 is 0 Å². The Hall–Kier alpha value is -1.15. The quantitative estimate of drug-likeness (QED) is 0.775. The van der Waals surface area contributed by atoms with Crippen molar-refractivity contribution in [1.29, 1.82) is 0 Å². The number of aryl methyl sites for hydroxylation is 1. The van der Waals surface area contributed by atoms with E-state index in [0.29, 0.717) is 5.92 Å². The predicted molar refractivity (Wildman–Crippen MR) is 70.3 cm³/mol. The predicted octanol–water partition coefficient (Wildman–Crippen LogP) is 3.50. The third kappa shape index (κ3) is 2.14. The molecule has 0 saturated heterocycles. The molecule has 1 atom stereocenters. The topological polar surface area (TPSA) is 25.8 Å². The Morgan fingerprint density at radius 3 is 2.65 bits per heavy atom. The maximum absolute atomic E-state index is 6.39. The van der Waals surface area contributed by atoms with Crippen LogP contribution >= 0.6 is 11.6 Å². The van der Waals surface area contributed by atoms with Gasteiger partial charge < -0.3 is 0 Å². The van der Waals surface area contributed by atoms with Crippen molar-refractivity contribution >= 4 is 22.4 Å². The molecule has 0 spiro atoms. The Morgan fingerprint density at radius 2 is 1.94 bits per heavy atom. The third-order valence-corrected chi connectivity index (χ3v) is 3.98. The lowest BCUT2D eigenvalue weighted by atomic mass is 10.0. The summed E-state index contributed by atoms with van der Waals surface area (Å²) in [5.41, 5.74) is 2.03. The van der Waals surface area contributed by atoms with Crippen LogP contribution in [0, 0.1) is 12.8 Å². The molecule has 3 rings (SSSR count). The number of nitrogens with zero attached hydrogens (tertiary/aromatic N) is 2. The summed E-state index contributed by atoms with van der Waals surface area (Å²) in [5, 5.41) is 11.2. The summed E-state index contributed by atoms with van der Waals surface area (Å²) in [6.07, 6.45) is 3.37. The van der Waals surface area contributed by atoms with E-state index in [9.17, 15) is 0 Å². The first-order valence-electron chi connectivity index (χ1n) is 6.10. The molecule has 1 unspecified atom stereocenters. The Balaban J connectivity index is 2.01. The summed E-state index contributed by atoms with van der Waals surface area (Å²) in [5.74, 6) is 0.693. The van der Waals surface area contributed by atoms with E-state index in [1.54, 1.807) is 0 Å². The molecule has 0 aliphatic heterocycles. The highest BCUT2D eigenvalue weighted by Crippen LogP contribution is 2.37. The van der Waals surface area contributed by atoms with Gasteiger partial charge in [-0.3, -0.25) is 0 Å². The molecule has 0 amide bonds. The first kappa shape index (κ1) is 11.0. The zero-order chi connectivity index (χ0) is 11.8. The van der Waals surface area contributed by atoms with Crippen molar-refractivity contribution in [1.82, 2.24) is 10.2 Å². The minimum absolute atomic E-state index is 0.218. The summed E-state index contributed by atoms with van der Waals surface area (Å²) in [6.45, 7) is 2.00. The van der Waals surface area contributed by atoms with E-state index in [1.807, 2.05) is 19.1 Å². The van der Waals surface area contributed by atoms with Crippen LogP contribution in [0.15, 0.2) is 24.3 Å². The normalized spacial score (nSPS) is 17.3. The van der Waals surface area contributed by atoms with Gasteiger partial charge in [0.2, 0.25) is 0 Å². The molecular formula is C14H15ClN2. The molecule has 1 aromatic carbocycles. The molecule has 1 aromatic heterocycles. The van der Waals surface area contributed by atoms with Crippen LogP contribution in [0.2, 0.25) is 0 Å². The van der Waals surface area contributed by atoms with E-state index in [-0.39, 0.29) is 5.38 Å². The number of hydrogen-bond donors (Lipinski definition) is 0. The standard InChI is InChI=1S/C14H15ClN2/c1-9-11-4-2-3-5-12(11)14(17-16-9)8-13(15)10-6-7-10/h2-5,10,13H,6-8H2,1H3. The number of fused-ring (bicyclic) bond motifs is 1. The van der Waals surface area contributed by atoms with Gasteiger partial charge in [-0.2, -0.15) is 10.2 Å². The van der Waals surface area contributed by atoms with Gasteiger partial charge in [0, 0.05) is 22.6 Å². The molecule has 3 heteroatoms. The van der Waals surface area contributed by atoms with Crippen molar-refractivity contribution in [3.05, 3.63) is 35.7 Å². The minimum atomic E-state index is 0.218. The Bertz CT molecular complexity index is 549. The molecule has 0 radical (unpaired) electrons. The maximum atomic E-state index is 6.39. The highest BCUT2D eigenvalue weighted by molar-refractivity contribution is 6.21. The Morgan fingerprint density at radius 1 is 1.24 bits per heavy atom. The van der Waals surface area contributed by atoms with E-state index in [2.05, 4.69) is 22.3 Å². The van der Waals surface area contributed by atoms with Gasteiger partial charge in [-0.25, -0.2) is 0 Å². The smallest absolute Gasteiger partial charge is 0.0724 e. The summed E-state index contributed by atoms with van der Waals surface area (Å²) < 4.78 is 0. The lowest BCUT2D eigenvalue weighted by Crippen LogP contribution is -2.09. The molecule has 1 aliphatic carbocycles. The van der Waals surface area contributed by atoms with Gasteiger partial charge in [0.15, 0.2) is 0 Å². The Kier molecular flexibility index (Phi) is 2.75. The number of hydrogen-bond acceptors (Lipinski definition) is 2. The highest BCUT2D eigenvalue weighted by atomic mass is 35.5. The van der Waals surface area contributed by atoms with Gasteiger partial charge in [-0.15, -0.1) is 11.6 Å². The van der Waals surface area contributed by atoms with Crippen LogP contribution in [0.25, 0.3) is 10.8 Å². The lowest BCUT2D eigenvalue weighted by Gasteiger charge is -2.10. The number of halogens is 1. The number of aromatic nitrogens is 2. The zero-order valence-electron chi connectivity index (χ0n) is 9.86. The van der Waals surface area contributed by atoms with Crippen LogP contribution in [-0.2, 0) is 6.42 Å². The van der Waals surface area contributed by atoms with E-state index in [4.69, 9.17) is 11.6 Å². The minimum Gasteiger partial charge on any atom is -0.155 e. The zero-order valence-corrected chi connectivity index (χ0v) is 10.6. The molecule has 17 heavy (non-hydrogen) atoms. The van der Waals surface area contributed by atoms with Gasteiger partial charge >= 0.3 is 0 Å². The summed E-state index contributed by atoms with van der Waals surface area (Å²) in [4.78, 5) is 0. The van der Waals surface area contributed by atoms with E-state index >= 15 is 0 Å². The van der Waals surface area contributed by atoms with Gasteiger partial charge in [0.05, 0.1) is 11.4 Å². The monoisotopic (exact) mass is 246 g/mol. The van der Waals surface area contributed by atoms with Crippen LogP contribution in [0.3, 0.4) is 0 Å². The molecule has 1 saturated carbocycles. The molecule has 2 nitrogen and oxygen atoms in total. The van der Waals surface area contributed by atoms with Crippen molar-refractivity contribution in [2.45, 2.75) is 31.6 Å². The van der Waals surface area contributed by atoms with E-state index in [1.165, 1.54) is 23.6 Å². The second-order valence-electron chi connectivity index (χ2n) is 4.84. The summed E-state index contributed by atoms with van der Waals surface area (Å²) in [7, 11) is 0. The fraction of sp³-hybridized carbons (Fsp3) is 0.429. The van der Waals surface area contributed by atoms with Crippen LogP contribution in [0.5, 0.6) is 0 Å². The van der Waals surface area contributed by atoms with E-state index < -0.39 is 0 Å². The summed E-state index contributed by atoms with van der Waals surface area (Å²) >= 11 is 6.39.